The van der Waals surface area contributed by atoms with Gasteiger partial charge in [0.25, 0.3) is 0 Å². The van der Waals surface area contributed by atoms with Gasteiger partial charge in [-0.1, -0.05) is 70.0 Å². The molecule has 0 heterocycles. The Hall–Kier alpha value is -0.480. The highest BCUT2D eigenvalue weighted by atomic mass is 79.9. The number of hydrogen-bond donors (Lipinski definition) is 0. The zero-order valence-corrected chi connectivity index (χ0v) is 14.6. The Kier molecular flexibility index (Phi) is 3.26. The van der Waals surface area contributed by atoms with Crippen LogP contribution in [-0.4, -0.2) is 20.7 Å². The van der Waals surface area contributed by atoms with E-state index in [2.05, 4.69) is 45.7 Å². The maximum Gasteiger partial charge on any atom is 0.180 e. The predicted molar refractivity (Wildman–Crippen MR) is 86.0 cm³/mol. The van der Waals surface area contributed by atoms with Crippen molar-refractivity contribution in [1.29, 1.82) is 0 Å². The first-order valence-corrected chi connectivity index (χ1v) is 8.52. The van der Waals surface area contributed by atoms with Gasteiger partial charge in [-0.3, -0.25) is 9.59 Å². The Balaban J connectivity index is 2.29. The second-order valence-electron chi connectivity index (χ2n) is 6.31. The Morgan fingerprint density at radius 1 is 1.15 bits per heavy atom. The highest BCUT2D eigenvalue weighted by Gasteiger charge is 2.61. The van der Waals surface area contributed by atoms with Crippen LogP contribution in [0.25, 0.3) is 0 Å². The molecule has 0 amide bonds. The molecule has 1 unspecified atom stereocenters. The summed E-state index contributed by atoms with van der Waals surface area (Å²) < 4.78 is -0.576. The largest absolute Gasteiger partial charge is 0.293 e. The molecule has 1 aromatic carbocycles. The van der Waals surface area contributed by atoms with Gasteiger partial charge < -0.3 is 0 Å². The Morgan fingerprint density at radius 3 is 2.40 bits per heavy atom. The average molecular weight is 400 g/mol. The molecular formula is C16H16Br2O2. The van der Waals surface area contributed by atoms with Crippen LogP contribution in [0.2, 0.25) is 0 Å². The fourth-order valence-corrected chi connectivity index (χ4v) is 5.60. The topological polar surface area (TPSA) is 34.1 Å². The van der Waals surface area contributed by atoms with Crippen LogP contribution in [0.4, 0.5) is 0 Å². The van der Waals surface area contributed by atoms with Crippen LogP contribution in [0.3, 0.4) is 0 Å². The molecule has 0 N–H and O–H groups in total. The van der Waals surface area contributed by atoms with Crippen molar-refractivity contribution in [2.45, 2.75) is 35.8 Å². The van der Waals surface area contributed by atoms with E-state index >= 15 is 0 Å². The van der Waals surface area contributed by atoms with E-state index in [1.54, 1.807) is 12.1 Å². The van der Waals surface area contributed by atoms with Crippen LogP contribution in [-0.2, 0) is 0 Å². The van der Waals surface area contributed by atoms with Crippen molar-refractivity contribution < 1.29 is 9.59 Å². The standard InChI is InChI=1S/C16H16Br2O2/c1-15(2)11-7-8-16(15,18)14(20)10-6-4-3-5-9(10)13(19)12(11)17/h3-6,11-12H,7-8H2,1-2H3/t11-,12?,16-/m1/s1. The molecule has 0 saturated heterocycles. The molecule has 106 valence electrons. The summed E-state index contributed by atoms with van der Waals surface area (Å²) in [6.45, 7) is 4.18. The summed E-state index contributed by atoms with van der Waals surface area (Å²) in [4.78, 5) is 25.5. The second kappa shape index (κ2) is 4.51. The van der Waals surface area contributed by atoms with Crippen molar-refractivity contribution in [2.75, 3.05) is 0 Å². The van der Waals surface area contributed by atoms with Crippen molar-refractivity contribution in [3.8, 4) is 0 Å². The van der Waals surface area contributed by atoms with Crippen molar-refractivity contribution in [3.05, 3.63) is 35.4 Å². The number of rotatable bonds is 0. The first kappa shape index (κ1) is 14.5. The van der Waals surface area contributed by atoms with Gasteiger partial charge in [0, 0.05) is 11.1 Å². The fourth-order valence-electron chi connectivity index (χ4n) is 3.69. The molecule has 0 spiro atoms. The number of carbonyl (C=O) groups is 2. The molecule has 1 aromatic rings. The molecule has 2 nitrogen and oxygen atoms in total. The lowest BCUT2D eigenvalue weighted by molar-refractivity contribution is 0.0798. The molecule has 0 aliphatic heterocycles. The molecule has 0 aromatic heterocycles. The lowest BCUT2D eigenvalue weighted by Gasteiger charge is -2.42. The summed E-state index contributed by atoms with van der Waals surface area (Å²) in [5.41, 5.74) is 0.833. The first-order chi connectivity index (χ1) is 9.30. The van der Waals surface area contributed by atoms with Crippen LogP contribution >= 0.6 is 31.9 Å². The monoisotopic (exact) mass is 398 g/mol. The molecule has 4 heteroatoms. The van der Waals surface area contributed by atoms with Crippen LogP contribution < -0.4 is 0 Å². The van der Waals surface area contributed by atoms with E-state index in [0.717, 1.165) is 12.8 Å². The third-order valence-electron chi connectivity index (χ3n) is 5.15. The minimum absolute atomic E-state index is 0.0310. The van der Waals surface area contributed by atoms with E-state index in [-0.39, 0.29) is 27.7 Å². The molecule has 3 atom stereocenters. The average Bonchev–Trinajstić information content (AvgIpc) is 2.68. The van der Waals surface area contributed by atoms with Crippen LogP contribution in [0.5, 0.6) is 0 Å². The van der Waals surface area contributed by atoms with Crippen molar-refractivity contribution >= 4 is 43.4 Å². The molecule has 20 heavy (non-hydrogen) atoms. The number of Topliss-reactive ketones (excluding diaryl/α,β-unsaturated/α-hetero) is 2. The smallest absolute Gasteiger partial charge is 0.180 e. The van der Waals surface area contributed by atoms with E-state index in [1.165, 1.54) is 0 Å². The molecule has 1 saturated carbocycles. The number of ketones is 2. The summed E-state index contributed by atoms with van der Waals surface area (Å²) in [6, 6.07) is 7.18. The molecule has 2 aliphatic carbocycles. The number of halogens is 2. The third-order valence-corrected chi connectivity index (χ3v) is 7.98. The normalized spacial score (nSPS) is 35.4. The van der Waals surface area contributed by atoms with Gasteiger partial charge in [-0.05, 0) is 24.2 Å². The highest BCUT2D eigenvalue weighted by Crippen LogP contribution is 2.59. The van der Waals surface area contributed by atoms with E-state index in [0.29, 0.717) is 11.1 Å². The van der Waals surface area contributed by atoms with Crippen LogP contribution in [0.15, 0.2) is 24.3 Å². The summed E-state index contributed by atoms with van der Waals surface area (Å²) in [6.07, 6.45) is 1.65. The van der Waals surface area contributed by atoms with Gasteiger partial charge in [0.2, 0.25) is 0 Å². The van der Waals surface area contributed by atoms with Crippen molar-refractivity contribution in [3.63, 3.8) is 0 Å². The third kappa shape index (κ3) is 1.67. The summed E-state index contributed by atoms with van der Waals surface area (Å²) in [5.74, 6) is 0.239. The van der Waals surface area contributed by atoms with Gasteiger partial charge in [0.1, 0.15) is 0 Å². The zero-order valence-electron chi connectivity index (χ0n) is 11.5. The quantitative estimate of drug-likeness (QED) is 0.606. The number of benzene rings is 1. The maximum absolute atomic E-state index is 13.0. The van der Waals surface area contributed by atoms with Crippen LogP contribution in [0.1, 0.15) is 47.4 Å². The van der Waals surface area contributed by atoms with Gasteiger partial charge in [-0.25, -0.2) is 0 Å². The van der Waals surface area contributed by atoms with Gasteiger partial charge in [0.15, 0.2) is 11.6 Å². The summed E-state index contributed by atoms with van der Waals surface area (Å²) in [5, 5.41) is 0. The van der Waals surface area contributed by atoms with Crippen molar-refractivity contribution in [2.24, 2.45) is 11.3 Å². The number of alkyl halides is 2. The van der Waals surface area contributed by atoms with E-state index in [4.69, 9.17) is 0 Å². The summed E-state index contributed by atoms with van der Waals surface area (Å²) in [7, 11) is 0. The number of hydrogen-bond acceptors (Lipinski definition) is 2. The number of carbonyl (C=O) groups excluding carboxylic acids is 2. The number of fused-ring (bicyclic) bond motifs is 3. The van der Waals surface area contributed by atoms with Gasteiger partial charge in [0.05, 0.1) is 9.15 Å². The Bertz CT molecular complexity index is 608. The molecule has 1 fully saturated rings. The van der Waals surface area contributed by atoms with E-state index < -0.39 is 4.32 Å². The minimum atomic E-state index is -0.576. The molecular weight excluding hydrogens is 384 g/mol. The second-order valence-corrected chi connectivity index (χ2v) is 8.65. The van der Waals surface area contributed by atoms with Gasteiger partial charge in [-0.15, -0.1) is 0 Å². The molecule has 3 rings (SSSR count). The van der Waals surface area contributed by atoms with Gasteiger partial charge in [-0.2, -0.15) is 0 Å². The fraction of sp³-hybridized carbons (Fsp3) is 0.500. The van der Waals surface area contributed by atoms with Crippen LogP contribution in [0, 0.1) is 11.3 Å². The summed E-state index contributed by atoms with van der Waals surface area (Å²) >= 11 is 7.34. The van der Waals surface area contributed by atoms with Gasteiger partial charge >= 0.3 is 0 Å². The van der Waals surface area contributed by atoms with E-state index in [9.17, 15) is 9.59 Å². The zero-order chi connectivity index (χ0) is 14.7. The first-order valence-electron chi connectivity index (χ1n) is 6.82. The lowest BCUT2D eigenvalue weighted by atomic mass is 9.68. The van der Waals surface area contributed by atoms with Crippen molar-refractivity contribution in [1.82, 2.24) is 0 Å². The molecule has 2 bridgehead atoms. The lowest BCUT2D eigenvalue weighted by Crippen LogP contribution is -2.49. The molecule has 0 radical (unpaired) electrons. The Morgan fingerprint density at radius 2 is 1.75 bits per heavy atom. The highest BCUT2D eigenvalue weighted by molar-refractivity contribution is 9.10. The van der Waals surface area contributed by atoms with E-state index in [1.807, 2.05) is 12.1 Å². The molecule has 2 aliphatic rings. The SMILES string of the molecule is CC1(C)[C@@H]2CC[C@@]1(Br)C(=O)c1ccccc1C(=O)C2Br. The minimum Gasteiger partial charge on any atom is -0.293 e. The maximum atomic E-state index is 13.0. The predicted octanol–water partition coefficient (Wildman–Crippen LogP) is 4.40. The Labute approximate surface area is 135 Å².